The minimum absolute atomic E-state index is 0.112. The fourth-order valence-corrected chi connectivity index (χ4v) is 5.65. The Morgan fingerprint density at radius 1 is 1.00 bits per heavy atom. The minimum Gasteiger partial charge on any atom is -0.507 e. The molecule has 5 rings (SSSR count). The Hall–Kier alpha value is -4.13. The molecule has 9 heteroatoms. The van der Waals surface area contributed by atoms with E-state index in [9.17, 15) is 19.6 Å². The van der Waals surface area contributed by atoms with Crippen LogP contribution in [0.1, 0.15) is 30.4 Å². The molecule has 0 radical (unpaired) electrons. The van der Waals surface area contributed by atoms with Crippen LogP contribution in [0.4, 0.5) is 4.39 Å². The number of morpholine rings is 1. The zero-order valence-corrected chi connectivity index (χ0v) is 24.3. The summed E-state index contributed by atoms with van der Waals surface area (Å²) in [6, 6.07) is 18.8. The van der Waals surface area contributed by atoms with Gasteiger partial charge in [0.1, 0.15) is 29.7 Å². The number of halogens is 1. The van der Waals surface area contributed by atoms with E-state index in [-0.39, 0.29) is 18.3 Å². The Labute approximate surface area is 252 Å². The SMILES string of the molecule is N#Cc1ccc(OCC(=O)N2CCC(CCc3cccc(OCCN4CCOCC4)c3)CC2)c(-c2ccc(F)cc2O)c1. The number of likely N-dealkylation sites (tertiary alicyclic amines) is 1. The first-order valence-corrected chi connectivity index (χ1v) is 14.9. The van der Waals surface area contributed by atoms with Crippen LogP contribution in [-0.4, -0.2) is 80.0 Å². The molecule has 1 amide bonds. The maximum atomic E-state index is 13.5. The smallest absolute Gasteiger partial charge is 0.260 e. The molecule has 0 saturated carbocycles. The molecule has 0 unspecified atom stereocenters. The van der Waals surface area contributed by atoms with E-state index in [1.54, 1.807) is 18.2 Å². The number of carbonyl (C=O) groups is 1. The standard InChI is InChI=1S/C34H38FN3O5/c35-28-7-8-30(32(39)22-28)31-21-27(23-36)6-9-33(31)43-24-34(40)38-12-10-25(11-13-38)4-5-26-2-1-3-29(20-26)42-19-16-37-14-17-41-18-15-37/h1-3,6-9,20-22,25,39H,4-5,10-19,24H2. The highest BCUT2D eigenvalue weighted by molar-refractivity contribution is 5.80. The van der Waals surface area contributed by atoms with E-state index in [4.69, 9.17) is 14.2 Å². The highest BCUT2D eigenvalue weighted by atomic mass is 19.1. The highest BCUT2D eigenvalue weighted by Crippen LogP contribution is 2.37. The second-order valence-corrected chi connectivity index (χ2v) is 11.1. The maximum Gasteiger partial charge on any atom is 0.260 e. The van der Waals surface area contributed by atoms with Crippen molar-refractivity contribution in [2.75, 3.05) is 59.2 Å². The van der Waals surface area contributed by atoms with Crippen molar-refractivity contribution < 1.29 is 28.5 Å². The first-order valence-electron chi connectivity index (χ1n) is 14.9. The number of rotatable bonds is 11. The molecule has 0 aliphatic carbocycles. The summed E-state index contributed by atoms with van der Waals surface area (Å²) in [6.07, 6.45) is 3.91. The molecule has 0 spiro atoms. The molecule has 2 heterocycles. The second kappa shape index (κ2) is 14.9. The van der Waals surface area contributed by atoms with Crippen LogP contribution in [0.3, 0.4) is 0 Å². The van der Waals surface area contributed by atoms with Crippen LogP contribution in [0.25, 0.3) is 11.1 Å². The summed E-state index contributed by atoms with van der Waals surface area (Å²) < 4.78 is 30.8. The van der Waals surface area contributed by atoms with E-state index >= 15 is 0 Å². The van der Waals surface area contributed by atoms with Crippen molar-refractivity contribution in [1.82, 2.24) is 9.80 Å². The van der Waals surface area contributed by atoms with E-state index in [0.717, 1.165) is 70.3 Å². The van der Waals surface area contributed by atoms with Crippen LogP contribution >= 0.6 is 0 Å². The summed E-state index contributed by atoms with van der Waals surface area (Å²) in [4.78, 5) is 17.2. The number of piperidine rings is 1. The van der Waals surface area contributed by atoms with Crippen molar-refractivity contribution in [2.24, 2.45) is 5.92 Å². The predicted octanol–water partition coefficient (Wildman–Crippen LogP) is 5.03. The number of ether oxygens (including phenoxy) is 3. The first-order chi connectivity index (χ1) is 21.0. The van der Waals surface area contributed by atoms with Gasteiger partial charge in [-0.1, -0.05) is 12.1 Å². The van der Waals surface area contributed by atoms with Gasteiger partial charge in [0.05, 0.1) is 24.8 Å². The number of phenols is 1. The van der Waals surface area contributed by atoms with Gasteiger partial charge in [0.25, 0.3) is 5.91 Å². The summed E-state index contributed by atoms with van der Waals surface area (Å²) in [5.41, 5.74) is 2.38. The number of phenolic OH excluding ortho intramolecular Hbond substituents is 1. The Morgan fingerprint density at radius 2 is 1.81 bits per heavy atom. The third-order valence-corrected chi connectivity index (χ3v) is 8.20. The van der Waals surface area contributed by atoms with Gasteiger partial charge < -0.3 is 24.2 Å². The lowest BCUT2D eigenvalue weighted by Crippen LogP contribution is -2.41. The largest absolute Gasteiger partial charge is 0.507 e. The molecule has 0 bridgehead atoms. The molecule has 2 fully saturated rings. The third-order valence-electron chi connectivity index (χ3n) is 8.20. The monoisotopic (exact) mass is 587 g/mol. The molecule has 0 atom stereocenters. The molecule has 43 heavy (non-hydrogen) atoms. The lowest BCUT2D eigenvalue weighted by atomic mass is 9.90. The van der Waals surface area contributed by atoms with Gasteiger partial charge in [-0.15, -0.1) is 0 Å². The number of hydrogen-bond donors (Lipinski definition) is 1. The van der Waals surface area contributed by atoms with Crippen LogP contribution in [0, 0.1) is 23.1 Å². The van der Waals surface area contributed by atoms with Crippen LogP contribution in [0.2, 0.25) is 0 Å². The van der Waals surface area contributed by atoms with Crippen LogP contribution in [0.5, 0.6) is 17.2 Å². The zero-order chi connectivity index (χ0) is 30.0. The number of amides is 1. The summed E-state index contributed by atoms with van der Waals surface area (Å²) in [7, 11) is 0. The Bertz CT molecular complexity index is 1430. The van der Waals surface area contributed by atoms with E-state index < -0.39 is 5.82 Å². The molecular weight excluding hydrogens is 549 g/mol. The Balaban J connectivity index is 1.07. The van der Waals surface area contributed by atoms with Crippen molar-refractivity contribution in [3.8, 4) is 34.4 Å². The Morgan fingerprint density at radius 3 is 2.58 bits per heavy atom. The van der Waals surface area contributed by atoms with Crippen molar-refractivity contribution >= 4 is 5.91 Å². The van der Waals surface area contributed by atoms with E-state index in [1.807, 2.05) is 11.0 Å². The molecule has 226 valence electrons. The molecule has 0 aromatic heterocycles. The maximum absolute atomic E-state index is 13.5. The summed E-state index contributed by atoms with van der Waals surface area (Å²) in [5, 5.41) is 19.6. The fourth-order valence-electron chi connectivity index (χ4n) is 5.65. The third kappa shape index (κ3) is 8.46. The lowest BCUT2D eigenvalue weighted by Gasteiger charge is -2.32. The van der Waals surface area contributed by atoms with Crippen molar-refractivity contribution in [2.45, 2.75) is 25.7 Å². The molecule has 2 aliphatic heterocycles. The van der Waals surface area contributed by atoms with Crippen molar-refractivity contribution in [1.29, 1.82) is 5.26 Å². The van der Waals surface area contributed by atoms with Crippen molar-refractivity contribution in [3.05, 3.63) is 77.6 Å². The fraction of sp³-hybridized carbons (Fsp3) is 0.412. The number of nitrogens with zero attached hydrogens (tertiary/aromatic N) is 3. The quantitative estimate of drug-likeness (QED) is 0.336. The predicted molar refractivity (Wildman–Crippen MR) is 161 cm³/mol. The van der Waals surface area contributed by atoms with Crippen LogP contribution in [0.15, 0.2) is 60.7 Å². The number of nitriles is 1. The summed E-state index contributed by atoms with van der Waals surface area (Å²) in [5.74, 6) is 0.844. The van der Waals surface area contributed by atoms with Crippen LogP contribution < -0.4 is 9.47 Å². The molecule has 3 aromatic carbocycles. The lowest BCUT2D eigenvalue weighted by molar-refractivity contribution is -0.134. The average molecular weight is 588 g/mol. The zero-order valence-electron chi connectivity index (χ0n) is 24.3. The van der Waals surface area contributed by atoms with Gasteiger partial charge in [-0.25, -0.2) is 4.39 Å². The average Bonchev–Trinajstić information content (AvgIpc) is 3.03. The normalized spacial score (nSPS) is 16.0. The van der Waals surface area contributed by atoms with E-state index in [0.29, 0.717) is 48.1 Å². The van der Waals surface area contributed by atoms with Gasteiger partial charge >= 0.3 is 0 Å². The number of aryl methyl sites for hydroxylation is 1. The molecular formula is C34H38FN3O5. The molecule has 1 N–H and O–H groups in total. The number of aromatic hydroxyl groups is 1. The minimum atomic E-state index is -0.573. The molecule has 8 nitrogen and oxygen atoms in total. The van der Waals surface area contributed by atoms with E-state index in [1.165, 1.54) is 17.7 Å². The second-order valence-electron chi connectivity index (χ2n) is 11.1. The highest BCUT2D eigenvalue weighted by Gasteiger charge is 2.24. The number of carbonyl (C=O) groups excluding carboxylic acids is 1. The first kappa shape index (κ1) is 30.3. The van der Waals surface area contributed by atoms with Gasteiger partial charge in [-0.3, -0.25) is 9.69 Å². The number of hydrogen-bond acceptors (Lipinski definition) is 7. The van der Waals surface area contributed by atoms with E-state index in [2.05, 4.69) is 29.2 Å². The van der Waals surface area contributed by atoms with Crippen LogP contribution in [-0.2, 0) is 16.0 Å². The topological polar surface area (TPSA) is 95.3 Å². The van der Waals surface area contributed by atoms with Gasteiger partial charge in [0, 0.05) is 49.9 Å². The van der Waals surface area contributed by atoms with Gasteiger partial charge in [-0.05, 0) is 79.6 Å². The van der Waals surface area contributed by atoms with Gasteiger partial charge in [0.2, 0.25) is 0 Å². The molecule has 2 aliphatic rings. The summed E-state index contributed by atoms with van der Waals surface area (Å²) >= 11 is 0. The Kier molecular flexibility index (Phi) is 10.5. The number of benzene rings is 3. The van der Waals surface area contributed by atoms with Crippen molar-refractivity contribution in [3.63, 3.8) is 0 Å². The molecule has 3 aromatic rings. The summed E-state index contributed by atoms with van der Waals surface area (Å²) in [6.45, 7) is 6.27. The molecule has 2 saturated heterocycles. The van der Waals surface area contributed by atoms with Gasteiger partial charge in [0.15, 0.2) is 6.61 Å². The van der Waals surface area contributed by atoms with Gasteiger partial charge in [-0.2, -0.15) is 5.26 Å².